The topological polar surface area (TPSA) is 92.5 Å². The SMILES string of the molecule is Cl.NC1CCCN(C(=O)c2sccc2S(=O)(=O)NCc2cccs2)C1. The number of hydrogen-bond donors (Lipinski definition) is 2. The lowest BCUT2D eigenvalue weighted by atomic mass is 10.1. The Bertz CT molecular complexity index is 805. The van der Waals surface area contributed by atoms with Crippen LogP contribution < -0.4 is 10.5 Å². The summed E-state index contributed by atoms with van der Waals surface area (Å²) < 4.78 is 27.7. The van der Waals surface area contributed by atoms with E-state index in [-0.39, 0.29) is 40.7 Å². The van der Waals surface area contributed by atoms with Crippen molar-refractivity contribution < 1.29 is 13.2 Å². The molecule has 1 atom stereocenters. The number of rotatable bonds is 5. The van der Waals surface area contributed by atoms with Crippen molar-refractivity contribution in [3.63, 3.8) is 0 Å². The zero-order chi connectivity index (χ0) is 17.2. The predicted octanol–water partition coefficient (Wildman–Crippen LogP) is 2.27. The molecule has 1 amide bonds. The molecule has 3 heterocycles. The highest BCUT2D eigenvalue weighted by Crippen LogP contribution is 2.25. The van der Waals surface area contributed by atoms with Crippen LogP contribution >= 0.6 is 35.1 Å². The van der Waals surface area contributed by atoms with Crippen LogP contribution in [0.3, 0.4) is 0 Å². The number of carbonyl (C=O) groups is 1. The van der Waals surface area contributed by atoms with Gasteiger partial charge in [-0.2, -0.15) is 0 Å². The second kappa shape index (κ2) is 8.61. The number of hydrogen-bond acceptors (Lipinski definition) is 6. The first-order chi connectivity index (χ1) is 11.5. The molecule has 1 aliphatic heterocycles. The van der Waals surface area contributed by atoms with E-state index in [1.54, 1.807) is 10.3 Å². The molecule has 1 fully saturated rings. The van der Waals surface area contributed by atoms with Gasteiger partial charge in [-0.15, -0.1) is 35.1 Å². The van der Waals surface area contributed by atoms with Crippen LogP contribution in [-0.2, 0) is 16.6 Å². The number of likely N-dealkylation sites (tertiary alicyclic amines) is 1. The third-order valence-electron chi connectivity index (χ3n) is 3.87. The molecule has 2 aromatic rings. The smallest absolute Gasteiger partial charge is 0.265 e. The highest BCUT2D eigenvalue weighted by atomic mass is 35.5. The van der Waals surface area contributed by atoms with Crippen LogP contribution in [0.5, 0.6) is 0 Å². The van der Waals surface area contributed by atoms with E-state index < -0.39 is 10.0 Å². The van der Waals surface area contributed by atoms with Gasteiger partial charge in [0.2, 0.25) is 10.0 Å². The van der Waals surface area contributed by atoms with Crippen LogP contribution in [0.4, 0.5) is 0 Å². The van der Waals surface area contributed by atoms with Crippen molar-refractivity contribution in [3.05, 3.63) is 38.7 Å². The molecule has 1 saturated heterocycles. The lowest BCUT2D eigenvalue weighted by molar-refractivity contribution is 0.0710. The molecule has 3 N–H and O–H groups in total. The Hall–Kier alpha value is -0.970. The Kier molecular flexibility index (Phi) is 7.01. The molecule has 10 heteroatoms. The van der Waals surface area contributed by atoms with Crippen molar-refractivity contribution >= 4 is 51.0 Å². The van der Waals surface area contributed by atoms with Crippen LogP contribution in [0.2, 0.25) is 0 Å². The fourth-order valence-corrected chi connectivity index (χ4v) is 5.79. The van der Waals surface area contributed by atoms with Crippen LogP contribution in [0.1, 0.15) is 27.4 Å². The van der Waals surface area contributed by atoms with Gasteiger partial charge in [0.25, 0.3) is 5.91 Å². The van der Waals surface area contributed by atoms with Gasteiger partial charge in [-0.05, 0) is 35.7 Å². The van der Waals surface area contributed by atoms with Gasteiger partial charge >= 0.3 is 0 Å². The maximum Gasteiger partial charge on any atom is 0.265 e. The number of carbonyl (C=O) groups excluding carboxylic acids is 1. The summed E-state index contributed by atoms with van der Waals surface area (Å²) in [5.74, 6) is -0.253. The number of nitrogens with two attached hydrogens (primary N) is 1. The summed E-state index contributed by atoms with van der Waals surface area (Å²) >= 11 is 2.64. The first-order valence-corrected chi connectivity index (χ1v) is 10.9. The maximum absolute atomic E-state index is 12.7. The maximum atomic E-state index is 12.7. The second-order valence-corrected chi connectivity index (χ2v) is 9.36. The van der Waals surface area contributed by atoms with Crippen molar-refractivity contribution in [1.82, 2.24) is 9.62 Å². The number of nitrogens with zero attached hydrogens (tertiary/aromatic N) is 1. The summed E-state index contributed by atoms with van der Waals surface area (Å²) in [5.41, 5.74) is 5.92. The molecule has 1 aliphatic rings. The summed E-state index contributed by atoms with van der Waals surface area (Å²) in [6.45, 7) is 1.31. The minimum absolute atomic E-state index is 0. The van der Waals surface area contributed by atoms with E-state index in [1.807, 2.05) is 17.5 Å². The molecule has 0 aliphatic carbocycles. The van der Waals surface area contributed by atoms with Crippen molar-refractivity contribution in [1.29, 1.82) is 0 Å². The van der Waals surface area contributed by atoms with Crippen molar-refractivity contribution in [2.24, 2.45) is 5.73 Å². The lowest BCUT2D eigenvalue weighted by Crippen LogP contribution is -2.45. The lowest BCUT2D eigenvalue weighted by Gasteiger charge is -2.30. The number of nitrogens with one attached hydrogen (secondary N) is 1. The summed E-state index contributed by atoms with van der Waals surface area (Å²) in [6.07, 6.45) is 1.73. The highest BCUT2D eigenvalue weighted by molar-refractivity contribution is 7.89. The molecular weight excluding hydrogens is 402 g/mol. The van der Waals surface area contributed by atoms with Gasteiger partial charge in [0.15, 0.2) is 0 Å². The first kappa shape index (κ1) is 20.3. The molecule has 138 valence electrons. The first-order valence-electron chi connectivity index (χ1n) is 7.62. The van der Waals surface area contributed by atoms with Gasteiger partial charge in [-0.1, -0.05) is 6.07 Å². The largest absolute Gasteiger partial charge is 0.336 e. The van der Waals surface area contributed by atoms with Gasteiger partial charge in [0, 0.05) is 30.6 Å². The molecule has 0 bridgehead atoms. The van der Waals surface area contributed by atoms with E-state index in [0.29, 0.717) is 13.1 Å². The third-order valence-corrected chi connectivity index (χ3v) is 7.23. The molecule has 0 radical (unpaired) electrons. The van der Waals surface area contributed by atoms with Gasteiger partial charge in [0.05, 0.1) is 0 Å². The standard InChI is InChI=1S/C15H19N3O3S3.ClH/c16-11-3-1-6-18(10-11)15(19)14-13(5-8-23-14)24(20,21)17-9-12-4-2-7-22-12;/h2,4-5,7-8,11,17H,1,3,6,9-10,16H2;1H. The summed E-state index contributed by atoms with van der Waals surface area (Å²) in [5, 5.41) is 3.53. The monoisotopic (exact) mass is 421 g/mol. The summed E-state index contributed by atoms with van der Waals surface area (Å²) in [4.78, 5) is 15.6. The van der Waals surface area contributed by atoms with Gasteiger partial charge in [0.1, 0.15) is 9.77 Å². The third kappa shape index (κ3) is 4.81. The van der Waals surface area contributed by atoms with Gasteiger partial charge < -0.3 is 10.6 Å². The second-order valence-electron chi connectivity index (χ2n) is 5.67. The van der Waals surface area contributed by atoms with Crippen LogP contribution in [0.25, 0.3) is 0 Å². The fraction of sp³-hybridized carbons (Fsp3) is 0.400. The van der Waals surface area contributed by atoms with E-state index in [4.69, 9.17) is 5.73 Å². The van der Waals surface area contributed by atoms with E-state index in [1.165, 1.54) is 17.4 Å². The minimum atomic E-state index is -3.73. The zero-order valence-electron chi connectivity index (χ0n) is 13.4. The van der Waals surface area contributed by atoms with Crippen molar-refractivity contribution in [2.45, 2.75) is 30.3 Å². The van der Waals surface area contributed by atoms with Gasteiger partial charge in [-0.3, -0.25) is 4.79 Å². The minimum Gasteiger partial charge on any atom is -0.336 e. The Morgan fingerprint density at radius 1 is 1.32 bits per heavy atom. The molecule has 2 aromatic heterocycles. The van der Waals surface area contributed by atoms with E-state index >= 15 is 0 Å². The predicted molar refractivity (Wildman–Crippen MR) is 103 cm³/mol. The molecule has 1 unspecified atom stereocenters. The number of halogens is 1. The number of amides is 1. The quantitative estimate of drug-likeness (QED) is 0.774. The van der Waals surface area contributed by atoms with E-state index in [0.717, 1.165) is 29.1 Å². The van der Waals surface area contributed by atoms with Crippen molar-refractivity contribution in [2.75, 3.05) is 13.1 Å². The zero-order valence-corrected chi connectivity index (χ0v) is 16.6. The summed E-state index contributed by atoms with van der Waals surface area (Å²) in [7, 11) is -3.73. The molecule has 25 heavy (non-hydrogen) atoms. The van der Waals surface area contributed by atoms with Crippen LogP contribution in [0, 0.1) is 0 Å². The number of sulfonamides is 1. The molecular formula is C15H20ClN3O3S3. The number of thiophene rings is 2. The fourth-order valence-electron chi connectivity index (χ4n) is 2.66. The Balaban J connectivity index is 0.00000225. The molecule has 0 saturated carbocycles. The summed E-state index contributed by atoms with van der Waals surface area (Å²) in [6, 6.07) is 5.17. The van der Waals surface area contributed by atoms with Gasteiger partial charge in [-0.25, -0.2) is 13.1 Å². The highest BCUT2D eigenvalue weighted by Gasteiger charge is 2.29. The van der Waals surface area contributed by atoms with E-state index in [2.05, 4.69) is 4.72 Å². The van der Waals surface area contributed by atoms with E-state index in [9.17, 15) is 13.2 Å². The molecule has 6 nitrogen and oxygen atoms in total. The Labute approximate surface area is 161 Å². The van der Waals surface area contributed by atoms with Crippen molar-refractivity contribution in [3.8, 4) is 0 Å². The average Bonchev–Trinajstić information content (AvgIpc) is 3.24. The molecule has 0 aromatic carbocycles. The van der Waals surface area contributed by atoms with Crippen LogP contribution in [0.15, 0.2) is 33.9 Å². The molecule has 0 spiro atoms. The molecule has 3 rings (SSSR count). The van der Waals surface area contributed by atoms with Crippen LogP contribution in [-0.4, -0.2) is 38.4 Å². The Morgan fingerprint density at radius 2 is 2.12 bits per heavy atom. The average molecular weight is 422 g/mol. The number of piperidine rings is 1. The normalized spacial score (nSPS) is 18.0. The Morgan fingerprint density at radius 3 is 2.80 bits per heavy atom.